The molecule has 0 amide bonds. The standard InChI is InChI=1S/C15H27NO3/c1-2-12-10-16-6-4-15(12,17)13-3-7-19-14(9-13)5-8-18-11-14/h12-13,16-17H,2-11H2,1H3. The Morgan fingerprint density at radius 3 is 2.95 bits per heavy atom. The van der Waals surface area contributed by atoms with Crippen LogP contribution in [0, 0.1) is 11.8 Å². The first kappa shape index (κ1) is 13.8. The molecule has 0 saturated carbocycles. The van der Waals surface area contributed by atoms with Crippen LogP contribution in [-0.4, -0.2) is 49.2 Å². The predicted octanol–water partition coefficient (Wildman–Crippen LogP) is 1.32. The molecule has 4 nitrogen and oxygen atoms in total. The van der Waals surface area contributed by atoms with Crippen LogP contribution in [0.3, 0.4) is 0 Å². The maximum atomic E-state index is 11.3. The molecule has 19 heavy (non-hydrogen) atoms. The molecule has 0 aromatic carbocycles. The molecule has 1 spiro atoms. The maximum Gasteiger partial charge on any atom is 0.0940 e. The Kier molecular flexibility index (Phi) is 3.87. The van der Waals surface area contributed by atoms with E-state index in [0.29, 0.717) is 18.4 Å². The van der Waals surface area contributed by atoms with Crippen molar-refractivity contribution in [3.63, 3.8) is 0 Å². The summed E-state index contributed by atoms with van der Waals surface area (Å²) in [5, 5.41) is 14.7. The number of rotatable bonds is 2. The number of hydrogen-bond donors (Lipinski definition) is 2. The van der Waals surface area contributed by atoms with Crippen LogP contribution in [0.2, 0.25) is 0 Å². The van der Waals surface area contributed by atoms with Crippen molar-refractivity contribution in [3.8, 4) is 0 Å². The largest absolute Gasteiger partial charge is 0.389 e. The topological polar surface area (TPSA) is 50.7 Å². The Morgan fingerprint density at radius 1 is 1.32 bits per heavy atom. The molecular formula is C15H27NO3. The highest BCUT2D eigenvalue weighted by atomic mass is 16.6. The third-order valence-corrected chi connectivity index (χ3v) is 5.56. The first-order valence-corrected chi connectivity index (χ1v) is 7.83. The highest BCUT2D eigenvalue weighted by Crippen LogP contribution is 2.45. The van der Waals surface area contributed by atoms with Gasteiger partial charge in [0, 0.05) is 32.1 Å². The molecule has 0 radical (unpaired) electrons. The summed E-state index contributed by atoms with van der Waals surface area (Å²) in [4.78, 5) is 0. The van der Waals surface area contributed by atoms with Gasteiger partial charge >= 0.3 is 0 Å². The molecule has 0 bridgehead atoms. The monoisotopic (exact) mass is 269 g/mol. The number of nitrogens with one attached hydrogen (secondary N) is 1. The Bertz CT molecular complexity index is 317. The van der Waals surface area contributed by atoms with Crippen molar-refractivity contribution in [2.45, 2.75) is 50.2 Å². The van der Waals surface area contributed by atoms with Crippen LogP contribution in [0.25, 0.3) is 0 Å². The first-order valence-electron chi connectivity index (χ1n) is 7.83. The molecule has 4 heteroatoms. The van der Waals surface area contributed by atoms with E-state index in [1.807, 2.05) is 0 Å². The summed E-state index contributed by atoms with van der Waals surface area (Å²) in [7, 11) is 0. The molecule has 3 fully saturated rings. The molecule has 110 valence electrons. The normalized spacial score (nSPS) is 47.7. The fourth-order valence-corrected chi connectivity index (χ4v) is 4.30. The molecule has 3 aliphatic heterocycles. The van der Waals surface area contributed by atoms with Gasteiger partial charge in [-0.2, -0.15) is 0 Å². The van der Waals surface area contributed by atoms with Gasteiger partial charge in [0.25, 0.3) is 0 Å². The zero-order valence-electron chi connectivity index (χ0n) is 12.0. The van der Waals surface area contributed by atoms with Gasteiger partial charge in [-0.3, -0.25) is 0 Å². The van der Waals surface area contributed by atoms with Gasteiger partial charge < -0.3 is 19.9 Å². The van der Waals surface area contributed by atoms with Gasteiger partial charge in [-0.05, 0) is 38.1 Å². The second-order valence-electron chi connectivity index (χ2n) is 6.57. The van der Waals surface area contributed by atoms with Crippen molar-refractivity contribution in [2.24, 2.45) is 11.8 Å². The molecule has 3 saturated heterocycles. The van der Waals surface area contributed by atoms with E-state index < -0.39 is 5.60 Å². The van der Waals surface area contributed by atoms with Gasteiger partial charge in [-0.25, -0.2) is 0 Å². The number of ether oxygens (including phenoxy) is 2. The Hall–Kier alpha value is -0.160. The van der Waals surface area contributed by atoms with Crippen molar-refractivity contribution in [3.05, 3.63) is 0 Å². The van der Waals surface area contributed by atoms with Gasteiger partial charge in [0.2, 0.25) is 0 Å². The summed E-state index contributed by atoms with van der Waals surface area (Å²) >= 11 is 0. The summed E-state index contributed by atoms with van der Waals surface area (Å²) in [5.41, 5.74) is -0.596. The lowest BCUT2D eigenvalue weighted by Gasteiger charge is -2.50. The molecule has 0 aliphatic carbocycles. The minimum Gasteiger partial charge on any atom is -0.389 e. The summed E-state index contributed by atoms with van der Waals surface area (Å²) in [6.07, 6.45) is 4.89. The van der Waals surface area contributed by atoms with Crippen LogP contribution in [0.5, 0.6) is 0 Å². The zero-order valence-corrected chi connectivity index (χ0v) is 12.0. The van der Waals surface area contributed by atoms with E-state index in [2.05, 4.69) is 12.2 Å². The fourth-order valence-electron chi connectivity index (χ4n) is 4.30. The minimum atomic E-state index is -0.501. The van der Waals surface area contributed by atoms with Crippen molar-refractivity contribution in [1.82, 2.24) is 5.32 Å². The molecule has 3 aliphatic rings. The van der Waals surface area contributed by atoms with E-state index >= 15 is 0 Å². The van der Waals surface area contributed by atoms with Crippen LogP contribution >= 0.6 is 0 Å². The lowest BCUT2D eigenvalue weighted by molar-refractivity contribution is -0.166. The SMILES string of the molecule is CCC1CNCCC1(O)C1CCOC2(CCOC2)C1. The number of piperidine rings is 1. The predicted molar refractivity (Wildman–Crippen MR) is 73.1 cm³/mol. The highest BCUT2D eigenvalue weighted by Gasteiger charge is 2.50. The molecule has 2 N–H and O–H groups in total. The first-order chi connectivity index (χ1) is 9.19. The van der Waals surface area contributed by atoms with Crippen molar-refractivity contribution < 1.29 is 14.6 Å². The van der Waals surface area contributed by atoms with Gasteiger partial charge in [-0.1, -0.05) is 6.92 Å². The third kappa shape index (κ3) is 2.44. The quantitative estimate of drug-likeness (QED) is 0.794. The minimum absolute atomic E-state index is 0.0954. The maximum absolute atomic E-state index is 11.3. The molecule has 0 aromatic heterocycles. The molecule has 4 unspecified atom stereocenters. The van der Waals surface area contributed by atoms with E-state index in [1.165, 1.54) is 0 Å². The van der Waals surface area contributed by atoms with E-state index in [0.717, 1.165) is 58.4 Å². The lowest BCUT2D eigenvalue weighted by Crippen LogP contribution is -2.58. The Morgan fingerprint density at radius 2 is 2.21 bits per heavy atom. The second kappa shape index (κ2) is 5.32. The van der Waals surface area contributed by atoms with E-state index in [4.69, 9.17) is 9.47 Å². The van der Waals surface area contributed by atoms with Crippen LogP contribution in [-0.2, 0) is 9.47 Å². The number of aliphatic hydroxyl groups is 1. The third-order valence-electron chi connectivity index (χ3n) is 5.56. The van der Waals surface area contributed by atoms with Gasteiger partial charge in [0.15, 0.2) is 0 Å². The zero-order chi connectivity index (χ0) is 13.3. The molecule has 4 atom stereocenters. The van der Waals surface area contributed by atoms with Crippen molar-refractivity contribution in [2.75, 3.05) is 32.9 Å². The van der Waals surface area contributed by atoms with Crippen LogP contribution in [0.15, 0.2) is 0 Å². The van der Waals surface area contributed by atoms with Gasteiger partial charge in [0.1, 0.15) is 0 Å². The second-order valence-corrected chi connectivity index (χ2v) is 6.57. The highest BCUT2D eigenvalue weighted by molar-refractivity contribution is 5.02. The van der Waals surface area contributed by atoms with Gasteiger partial charge in [-0.15, -0.1) is 0 Å². The number of hydrogen-bond acceptors (Lipinski definition) is 4. The van der Waals surface area contributed by atoms with Crippen molar-refractivity contribution >= 4 is 0 Å². The van der Waals surface area contributed by atoms with Gasteiger partial charge in [0.05, 0.1) is 17.8 Å². The van der Waals surface area contributed by atoms with Crippen molar-refractivity contribution in [1.29, 1.82) is 0 Å². The molecular weight excluding hydrogens is 242 g/mol. The van der Waals surface area contributed by atoms with E-state index in [1.54, 1.807) is 0 Å². The fraction of sp³-hybridized carbons (Fsp3) is 1.00. The van der Waals surface area contributed by atoms with Crippen LogP contribution in [0.1, 0.15) is 39.0 Å². The summed E-state index contributed by atoms with van der Waals surface area (Å²) in [6, 6.07) is 0. The average Bonchev–Trinajstić information content (AvgIpc) is 2.87. The molecule has 0 aromatic rings. The summed E-state index contributed by atoms with van der Waals surface area (Å²) in [5.74, 6) is 0.749. The van der Waals surface area contributed by atoms with E-state index in [9.17, 15) is 5.11 Å². The van der Waals surface area contributed by atoms with Crippen LogP contribution in [0.4, 0.5) is 0 Å². The summed E-state index contributed by atoms with van der Waals surface area (Å²) in [6.45, 7) is 6.39. The average molecular weight is 269 g/mol. The lowest BCUT2D eigenvalue weighted by atomic mass is 9.66. The molecule has 3 heterocycles. The van der Waals surface area contributed by atoms with E-state index in [-0.39, 0.29) is 5.60 Å². The Labute approximate surface area is 115 Å². The van der Waals surface area contributed by atoms with Crippen LogP contribution < -0.4 is 5.32 Å². The molecule has 3 rings (SSSR count). The summed E-state index contributed by atoms with van der Waals surface area (Å²) < 4.78 is 11.6. The smallest absolute Gasteiger partial charge is 0.0940 e. The Balaban J connectivity index is 1.76.